The van der Waals surface area contributed by atoms with E-state index < -0.39 is 0 Å². The molecule has 0 unspecified atom stereocenters. The average Bonchev–Trinajstić information content (AvgIpc) is 2.27. The van der Waals surface area contributed by atoms with Gasteiger partial charge in [-0.2, -0.15) is 0 Å². The normalized spacial score (nSPS) is 10.6. The molecule has 0 N–H and O–H groups in total. The molecule has 0 heterocycles. The summed E-state index contributed by atoms with van der Waals surface area (Å²) in [5.41, 5.74) is 2.56. The lowest BCUT2D eigenvalue weighted by Gasteiger charge is -2.16. The van der Waals surface area contributed by atoms with Crippen molar-refractivity contribution in [3.8, 4) is 0 Å². The molecule has 1 aromatic rings. The third-order valence-electron chi connectivity index (χ3n) is 2.56. The molecule has 0 radical (unpaired) electrons. The van der Waals surface area contributed by atoms with E-state index in [1.165, 1.54) is 30.5 Å². The molecule has 0 spiro atoms. The summed E-state index contributed by atoms with van der Waals surface area (Å²) in [6.07, 6.45) is 4.42. The quantitative estimate of drug-likeness (QED) is 0.683. The molecule has 0 saturated carbocycles. The van der Waals surface area contributed by atoms with E-state index >= 15 is 0 Å². The van der Waals surface area contributed by atoms with Crippen LogP contribution < -0.4 is 0 Å². The van der Waals surface area contributed by atoms with Gasteiger partial charge in [-0.05, 0) is 31.1 Å². The fourth-order valence-electron chi connectivity index (χ4n) is 1.58. The summed E-state index contributed by atoms with van der Waals surface area (Å²) in [7, 11) is 2.18. The SMILES string of the molecule is C=Cc1ccc(CN(C)CCCC)cc1. The van der Waals surface area contributed by atoms with Crippen LogP contribution in [0.5, 0.6) is 0 Å². The van der Waals surface area contributed by atoms with Crippen molar-refractivity contribution < 1.29 is 0 Å². The maximum atomic E-state index is 3.75. The zero-order valence-electron chi connectivity index (χ0n) is 9.87. The molecule has 0 amide bonds. The van der Waals surface area contributed by atoms with E-state index in [0.717, 1.165) is 6.54 Å². The van der Waals surface area contributed by atoms with Crippen LogP contribution in [0.4, 0.5) is 0 Å². The zero-order chi connectivity index (χ0) is 11.1. The van der Waals surface area contributed by atoms with Crippen LogP contribution in [0, 0.1) is 0 Å². The molecule has 1 rings (SSSR count). The van der Waals surface area contributed by atoms with Crippen molar-refractivity contribution in [3.05, 3.63) is 42.0 Å². The van der Waals surface area contributed by atoms with Gasteiger partial charge in [0.1, 0.15) is 0 Å². The standard InChI is InChI=1S/C14H21N/c1-4-6-11-15(3)12-14-9-7-13(5-2)8-10-14/h5,7-10H,2,4,6,11-12H2,1,3H3. The minimum Gasteiger partial charge on any atom is -0.302 e. The highest BCUT2D eigenvalue weighted by Crippen LogP contribution is 2.08. The van der Waals surface area contributed by atoms with E-state index in [1.54, 1.807) is 0 Å². The molecular weight excluding hydrogens is 182 g/mol. The van der Waals surface area contributed by atoms with Gasteiger partial charge in [-0.15, -0.1) is 0 Å². The van der Waals surface area contributed by atoms with Gasteiger partial charge < -0.3 is 4.90 Å². The fraction of sp³-hybridized carbons (Fsp3) is 0.429. The third-order valence-corrected chi connectivity index (χ3v) is 2.56. The average molecular weight is 203 g/mol. The summed E-state index contributed by atoms with van der Waals surface area (Å²) in [5.74, 6) is 0. The van der Waals surface area contributed by atoms with Crippen molar-refractivity contribution in [2.24, 2.45) is 0 Å². The van der Waals surface area contributed by atoms with Gasteiger partial charge in [-0.1, -0.05) is 50.3 Å². The fourth-order valence-corrected chi connectivity index (χ4v) is 1.58. The molecule has 1 nitrogen and oxygen atoms in total. The Morgan fingerprint density at radius 1 is 1.27 bits per heavy atom. The van der Waals surface area contributed by atoms with Crippen LogP contribution >= 0.6 is 0 Å². The van der Waals surface area contributed by atoms with E-state index in [2.05, 4.69) is 49.7 Å². The lowest BCUT2D eigenvalue weighted by atomic mass is 10.1. The Hall–Kier alpha value is -1.08. The molecular formula is C14H21N. The first-order valence-corrected chi connectivity index (χ1v) is 5.66. The van der Waals surface area contributed by atoms with Crippen molar-refractivity contribution in [1.29, 1.82) is 0 Å². The maximum absolute atomic E-state index is 3.75. The first-order chi connectivity index (χ1) is 7.26. The molecule has 0 aromatic heterocycles. The molecule has 1 heteroatoms. The van der Waals surface area contributed by atoms with Gasteiger partial charge in [-0.25, -0.2) is 0 Å². The third kappa shape index (κ3) is 4.30. The highest BCUT2D eigenvalue weighted by Gasteiger charge is 1.98. The van der Waals surface area contributed by atoms with Gasteiger partial charge in [0, 0.05) is 6.54 Å². The molecule has 82 valence electrons. The van der Waals surface area contributed by atoms with Gasteiger partial charge in [0.2, 0.25) is 0 Å². The first-order valence-electron chi connectivity index (χ1n) is 5.66. The number of hydrogen-bond acceptors (Lipinski definition) is 1. The lowest BCUT2D eigenvalue weighted by molar-refractivity contribution is 0.321. The molecule has 1 aromatic carbocycles. The Bertz CT molecular complexity index is 287. The molecule has 0 aliphatic heterocycles. The van der Waals surface area contributed by atoms with Crippen LogP contribution in [0.15, 0.2) is 30.8 Å². The molecule has 0 aliphatic carbocycles. The zero-order valence-corrected chi connectivity index (χ0v) is 9.87. The summed E-state index contributed by atoms with van der Waals surface area (Å²) in [6, 6.07) is 8.60. The van der Waals surface area contributed by atoms with E-state index in [9.17, 15) is 0 Å². The maximum Gasteiger partial charge on any atom is 0.0230 e. The molecule has 0 fully saturated rings. The van der Waals surface area contributed by atoms with Gasteiger partial charge in [0.05, 0.1) is 0 Å². The van der Waals surface area contributed by atoms with Crippen LogP contribution in [0.1, 0.15) is 30.9 Å². The second-order valence-corrected chi connectivity index (χ2v) is 4.04. The second kappa shape index (κ2) is 6.41. The van der Waals surface area contributed by atoms with Crippen molar-refractivity contribution in [3.63, 3.8) is 0 Å². The number of rotatable bonds is 6. The summed E-state index contributed by atoms with van der Waals surface area (Å²) >= 11 is 0. The van der Waals surface area contributed by atoms with E-state index in [0.29, 0.717) is 0 Å². The van der Waals surface area contributed by atoms with Gasteiger partial charge >= 0.3 is 0 Å². The van der Waals surface area contributed by atoms with Gasteiger partial charge in [0.15, 0.2) is 0 Å². The van der Waals surface area contributed by atoms with Gasteiger partial charge in [-0.3, -0.25) is 0 Å². The van der Waals surface area contributed by atoms with Crippen LogP contribution in [0.3, 0.4) is 0 Å². The number of unbranched alkanes of at least 4 members (excludes halogenated alkanes) is 1. The van der Waals surface area contributed by atoms with E-state index in [4.69, 9.17) is 0 Å². The van der Waals surface area contributed by atoms with Crippen molar-refractivity contribution >= 4 is 6.08 Å². The summed E-state index contributed by atoms with van der Waals surface area (Å²) in [4.78, 5) is 2.37. The molecule has 15 heavy (non-hydrogen) atoms. The predicted molar refractivity (Wildman–Crippen MR) is 67.8 cm³/mol. The minimum atomic E-state index is 1.04. The van der Waals surface area contributed by atoms with Crippen molar-refractivity contribution in [1.82, 2.24) is 4.90 Å². The minimum absolute atomic E-state index is 1.04. The van der Waals surface area contributed by atoms with Crippen LogP contribution in [-0.2, 0) is 6.54 Å². The van der Waals surface area contributed by atoms with Crippen molar-refractivity contribution in [2.45, 2.75) is 26.3 Å². The predicted octanol–water partition coefficient (Wildman–Crippen LogP) is 3.56. The smallest absolute Gasteiger partial charge is 0.0230 e. The van der Waals surface area contributed by atoms with Crippen molar-refractivity contribution in [2.75, 3.05) is 13.6 Å². The topological polar surface area (TPSA) is 3.24 Å². The van der Waals surface area contributed by atoms with E-state index in [1.807, 2.05) is 6.08 Å². The molecule has 0 saturated heterocycles. The Morgan fingerprint density at radius 3 is 2.47 bits per heavy atom. The van der Waals surface area contributed by atoms with Gasteiger partial charge in [0.25, 0.3) is 0 Å². The lowest BCUT2D eigenvalue weighted by Crippen LogP contribution is -2.18. The largest absolute Gasteiger partial charge is 0.302 e. The summed E-state index contributed by atoms with van der Waals surface area (Å²) in [5, 5.41) is 0. The number of benzene rings is 1. The second-order valence-electron chi connectivity index (χ2n) is 4.04. The highest BCUT2D eigenvalue weighted by atomic mass is 15.1. The van der Waals surface area contributed by atoms with Crippen LogP contribution in [-0.4, -0.2) is 18.5 Å². The Morgan fingerprint density at radius 2 is 1.93 bits per heavy atom. The molecule has 0 atom stereocenters. The van der Waals surface area contributed by atoms with E-state index in [-0.39, 0.29) is 0 Å². The molecule has 0 aliphatic rings. The van der Waals surface area contributed by atoms with Crippen LogP contribution in [0.25, 0.3) is 6.08 Å². The monoisotopic (exact) mass is 203 g/mol. The Labute approximate surface area is 93.4 Å². The Kier molecular flexibility index (Phi) is 5.13. The summed E-state index contributed by atoms with van der Waals surface area (Å²) < 4.78 is 0. The first kappa shape index (κ1) is 12.0. The van der Waals surface area contributed by atoms with Crippen LogP contribution in [0.2, 0.25) is 0 Å². The summed E-state index contributed by atoms with van der Waals surface area (Å²) in [6.45, 7) is 8.20. The Balaban J connectivity index is 2.45. The highest BCUT2D eigenvalue weighted by molar-refractivity contribution is 5.47. The molecule has 0 bridgehead atoms. The number of hydrogen-bond donors (Lipinski definition) is 0. The number of nitrogens with zero attached hydrogens (tertiary/aromatic N) is 1.